The van der Waals surface area contributed by atoms with Crippen molar-refractivity contribution < 1.29 is 0 Å². The molecule has 1 unspecified atom stereocenters. The third kappa shape index (κ3) is 1.95. The molecule has 2 rings (SSSR count). The molecule has 0 saturated carbocycles. The van der Waals surface area contributed by atoms with Crippen LogP contribution in [0.25, 0.3) is 0 Å². The van der Waals surface area contributed by atoms with Gasteiger partial charge in [-0.25, -0.2) is 4.98 Å². The Bertz CT molecular complexity index is 299. The van der Waals surface area contributed by atoms with E-state index < -0.39 is 0 Å². The van der Waals surface area contributed by atoms with E-state index in [1.165, 1.54) is 6.42 Å². The van der Waals surface area contributed by atoms with E-state index in [0.717, 1.165) is 43.5 Å². The quantitative estimate of drug-likeness (QED) is 0.763. The number of aryl methyl sites for hydroxylation is 2. The van der Waals surface area contributed by atoms with E-state index >= 15 is 0 Å². The molecule has 0 bridgehead atoms. The molecule has 0 spiro atoms. The Morgan fingerprint density at radius 3 is 3.00 bits per heavy atom. The predicted molar refractivity (Wildman–Crippen MR) is 55.1 cm³/mol. The summed E-state index contributed by atoms with van der Waals surface area (Å²) in [5, 5.41) is 7.73. The molecule has 14 heavy (non-hydrogen) atoms. The Morgan fingerprint density at radius 2 is 2.43 bits per heavy atom. The zero-order chi connectivity index (χ0) is 9.97. The molecule has 1 aromatic rings. The fourth-order valence-corrected chi connectivity index (χ4v) is 1.95. The lowest BCUT2D eigenvalue weighted by molar-refractivity contribution is 0.539. The number of rotatable bonds is 3. The van der Waals surface area contributed by atoms with Gasteiger partial charge >= 0.3 is 0 Å². The van der Waals surface area contributed by atoms with Gasteiger partial charge in [0.2, 0.25) is 0 Å². The lowest BCUT2D eigenvalue weighted by atomic mass is 10.1. The second kappa shape index (κ2) is 4.09. The number of aromatic nitrogens is 3. The molecular weight excluding hydrogens is 176 g/mol. The fourth-order valence-electron chi connectivity index (χ4n) is 1.95. The van der Waals surface area contributed by atoms with Crippen LogP contribution in [0.5, 0.6) is 0 Å². The molecule has 1 aromatic heterocycles. The molecule has 0 amide bonds. The molecule has 78 valence electrons. The maximum Gasteiger partial charge on any atom is 0.150 e. The van der Waals surface area contributed by atoms with E-state index in [1.54, 1.807) is 0 Å². The largest absolute Gasteiger partial charge is 0.316 e. The van der Waals surface area contributed by atoms with Crippen molar-refractivity contribution in [1.29, 1.82) is 0 Å². The van der Waals surface area contributed by atoms with Gasteiger partial charge in [0, 0.05) is 19.9 Å². The number of hydrogen-bond acceptors (Lipinski definition) is 3. The van der Waals surface area contributed by atoms with Crippen LogP contribution in [0.15, 0.2) is 0 Å². The zero-order valence-electron chi connectivity index (χ0n) is 8.95. The highest BCUT2D eigenvalue weighted by Gasteiger charge is 2.17. The zero-order valence-corrected chi connectivity index (χ0v) is 8.95. The Kier molecular flexibility index (Phi) is 2.82. The minimum Gasteiger partial charge on any atom is -0.316 e. The molecule has 1 N–H and O–H groups in total. The predicted octanol–water partition coefficient (Wildman–Crippen LogP) is 0.529. The summed E-state index contributed by atoms with van der Waals surface area (Å²) >= 11 is 0. The van der Waals surface area contributed by atoms with Gasteiger partial charge in [-0.1, -0.05) is 6.92 Å². The van der Waals surface area contributed by atoms with Gasteiger partial charge < -0.3 is 5.32 Å². The molecule has 0 aliphatic carbocycles. The maximum absolute atomic E-state index is 4.52. The van der Waals surface area contributed by atoms with E-state index in [2.05, 4.69) is 22.3 Å². The molecule has 0 radical (unpaired) electrons. The van der Waals surface area contributed by atoms with Crippen LogP contribution in [0.4, 0.5) is 0 Å². The van der Waals surface area contributed by atoms with Crippen molar-refractivity contribution in [3.8, 4) is 0 Å². The highest BCUT2D eigenvalue weighted by Crippen LogP contribution is 2.13. The van der Waals surface area contributed by atoms with Crippen LogP contribution >= 0.6 is 0 Å². The summed E-state index contributed by atoms with van der Waals surface area (Å²) in [5.41, 5.74) is 0. The Hall–Kier alpha value is -0.900. The molecule has 2 heterocycles. The van der Waals surface area contributed by atoms with Crippen molar-refractivity contribution in [1.82, 2.24) is 20.1 Å². The molecule has 4 heteroatoms. The first-order chi connectivity index (χ1) is 6.79. The fraction of sp³-hybridized carbons (Fsp3) is 0.800. The van der Waals surface area contributed by atoms with Crippen molar-refractivity contribution in [2.45, 2.75) is 26.2 Å². The first-order valence-corrected chi connectivity index (χ1v) is 5.39. The average molecular weight is 194 g/mol. The second-order valence-electron chi connectivity index (χ2n) is 3.98. The topological polar surface area (TPSA) is 42.7 Å². The third-order valence-electron chi connectivity index (χ3n) is 2.85. The first-order valence-electron chi connectivity index (χ1n) is 5.39. The van der Waals surface area contributed by atoms with Crippen molar-refractivity contribution in [3.05, 3.63) is 11.6 Å². The van der Waals surface area contributed by atoms with Crippen LogP contribution in [-0.4, -0.2) is 27.9 Å². The summed E-state index contributed by atoms with van der Waals surface area (Å²) in [6.07, 6.45) is 3.27. The number of hydrogen-bond donors (Lipinski definition) is 1. The van der Waals surface area contributed by atoms with E-state index in [4.69, 9.17) is 0 Å². The first kappa shape index (κ1) is 9.65. The molecule has 1 saturated heterocycles. The summed E-state index contributed by atoms with van der Waals surface area (Å²) in [4.78, 5) is 4.52. The van der Waals surface area contributed by atoms with Crippen LogP contribution in [0.1, 0.15) is 25.0 Å². The van der Waals surface area contributed by atoms with Gasteiger partial charge in [0.15, 0.2) is 5.82 Å². The van der Waals surface area contributed by atoms with Gasteiger partial charge in [-0.05, 0) is 25.4 Å². The molecule has 1 aliphatic rings. The number of nitrogens with one attached hydrogen (secondary N) is 1. The minimum atomic E-state index is 0.752. The van der Waals surface area contributed by atoms with Gasteiger partial charge in [-0.15, -0.1) is 0 Å². The van der Waals surface area contributed by atoms with E-state index in [-0.39, 0.29) is 0 Å². The smallest absolute Gasteiger partial charge is 0.150 e. The molecular formula is C10H18N4. The van der Waals surface area contributed by atoms with E-state index in [1.807, 2.05) is 11.7 Å². The molecule has 1 atom stereocenters. The van der Waals surface area contributed by atoms with Gasteiger partial charge in [-0.2, -0.15) is 5.10 Å². The SMILES string of the molecule is CCc1nc(CC2CCNC2)n(C)n1. The third-order valence-corrected chi connectivity index (χ3v) is 2.85. The van der Waals surface area contributed by atoms with Crippen LogP contribution in [-0.2, 0) is 19.9 Å². The Balaban J connectivity index is 2.03. The van der Waals surface area contributed by atoms with Crippen molar-refractivity contribution in [2.75, 3.05) is 13.1 Å². The lowest BCUT2D eigenvalue weighted by Crippen LogP contribution is -2.13. The monoisotopic (exact) mass is 194 g/mol. The second-order valence-corrected chi connectivity index (χ2v) is 3.98. The Labute approximate surface area is 84.7 Å². The average Bonchev–Trinajstić information content (AvgIpc) is 2.78. The van der Waals surface area contributed by atoms with Crippen molar-refractivity contribution >= 4 is 0 Å². The molecule has 1 fully saturated rings. The molecule has 0 aromatic carbocycles. The summed E-state index contributed by atoms with van der Waals surface area (Å²) in [7, 11) is 1.99. The molecule has 4 nitrogen and oxygen atoms in total. The van der Waals surface area contributed by atoms with E-state index in [0.29, 0.717) is 0 Å². The highest BCUT2D eigenvalue weighted by atomic mass is 15.3. The van der Waals surface area contributed by atoms with Crippen LogP contribution in [0.3, 0.4) is 0 Å². The molecule has 1 aliphatic heterocycles. The Morgan fingerprint density at radius 1 is 1.57 bits per heavy atom. The van der Waals surface area contributed by atoms with Gasteiger partial charge in [-0.3, -0.25) is 4.68 Å². The highest BCUT2D eigenvalue weighted by molar-refractivity contribution is 4.95. The van der Waals surface area contributed by atoms with Crippen molar-refractivity contribution in [3.63, 3.8) is 0 Å². The maximum atomic E-state index is 4.52. The van der Waals surface area contributed by atoms with Crippen molar-refractivity contribution in [2.24, 2.45) is 13.0 Å². The van der Waals surface area contributed by atoms with Crippen LogP contribution in [0.2, 0.25) is 0 Å². The lowest BCUT2D eigenvalue weighted by Gasteiger charge is -2.05. The number of nitrogens with zero attached hydrogens (tertiary/aromatic N) is 3. The van der Waals surface area contributed by atoms with Gasteiger partial charge in [0.1, 0.15) is 5.82 Å². The summed E-state index contributed by atoms with van der Waals surface area (Å²) < 4.78 is 1.93. The summed E-state index contributed by atoms with van der Waals surface area (Å²) in [5.74, 6) is 2.85. The summed E-state index contributed by atoms with van der Waals surface area (Å²) in [6, 6.07) is 0. The minimum absolute atomic E-state index is 0.752. The van der Waals surface area contributed by atoms with E-state index in [9.17, 15) is 0 Å². The van der Waals surface area contributed by atoms with Crippen LogP contribution < -0.4 is 5.32 Å². The standard InChI is InChI=1S/C10H18N4/c1-3-9-12-10(14(2)13-9)6-8-4-5-11-7-8/h8,11H,3-7H2,1-2H3. The van der Waals surface area contributed by atoms with Crippen LogP contribution in [0, 0.1) is 5.92 Å². The normalized spacial score (nSPS) is 21.7. The van der Waals surface area contributed by atoms with Gasteiger partial charge in [0.05, 0.1) is 0 Å². The van der Waals surface area contributed by atoms with Gasteiger partial charge in [0.25, 0.3) is 0 Å². The summed E-state index contributed by atoms with van der Waals surface area (Å²) in [6.45, 7) is 4.38.